The average Bonchev–Trinajstić information content (AvgIpc) is 2.10. The molecule has 0 aliphatic rings. The van der Waals surface area contributed by atoms with Crippen LogP contribution in [-0.4, -0.2) is 11.1 Å². The van der Waals surface area contributed by atoms with Gasteiger partial charge < -0.3 is 5.73 Å². The van der Waals surface area contributed by atoms with Crippen LogP contribution in [0.3, 0.4) is 0 Å². The van der Waals surface area contributed by atoms with E-state index in [9.17, 15) is 4.79 Å². The van der Waals surface area contributed by atoms with Gasteiger partial charge in [-0.2, -0.15) is 0 Å². The molecule has 0 heterocycles. The number of carbonyl (C=O) groups is 1. The predicted molar refractivity (Wildman–Crippen MR) is 58.7 cm³/mol. The first-order valence-electron chi connectivity index (χ1n) is 3.71. The Balaban J connectivity index is 3.23. The van der Waals surface area contributed by atoms with Crippen molar-refractivity contribution in [1.82, 2.24) is 0 Å². The maximum absolute atomic E-state index is 11.3. The second-order valence-electron chi connectivity index (χ2n) is 2.75. The Bertz CT molecular complexity index is 352. The second kappa shape index (κ2) is 4.11. The highest BCUT2D eigenvalue weighted by atomic mass is 79.9. The summed E-state index contributed by atoms with van der Waals surface area (Å²) in [6.07, 6.45) is 0. The maximum Gasteiger partial charge on any atom is 0.175 e. The summed E-state index contributed by atoms with van der Waals surface area (Å²) >= 11 is 8.94. The molecule has 1 rings (SSSR count). The number of aryl methyl sites for hydroxylation is 1. The van der Waals surface area contributed by atoms with Crippen molar-refractivity contribution in [2.45, 2.75) is 6.92 Å². The van der Waals surface area contributed by atoms with E-state index in [0.717, 1.165) is 5.56 Å². The zero-order valence-corrected chi connectivity index (χ0v) is 9.45. The van der Waals surface area contributed by atoms with Gasteiger partial charge in [0.25, 0.3) is 0 Å². The molecule has 2 nitrogen and oxygen atoms in total. The Morgan fingerprint density at radius 1 is 1.62 bits per heavy atom. The molecule has 1 aromatic carbocycles. The van der Waals surface area contributed by atoms with E-state index in [-0.39, 0.29) is 11.1 Å². The summed E-state index contributed by atoms with van der Waals surface area (Å²) in [6.45, 7) is 1.85. The van der Waals surface area contributed by atoms with Gasteiger partial charge >= 0.3 is 0 Å². The Kier molecular flexibility index (Phi) is 3.33. The predicted octanol–water partition coefficient (Wildman–Crippen LogP) is 2.81. The molecule has 0 unspecified atom stereocenters. The van der Waals surface area contributed by atoms with E-state index in [0.29, 0.717) is 16.3 Å². The van der Waals surface area contributed by atoms with Crippen molar-refractivity contribution in [3.63, 3.8) is 0 Å². The summed E-state index contributed by atoms with van der Waals surface area (Å²) in [7, 11) is 0. The largest absolute Gasteiger partial charge is 0.398 e. The lowest BCUT2D eigenvalue weighted by molar-refractivity contribution is 0.102. The van der Waals surface area contributed by atoms with Crippen LogP contribution in [0, 0.1) is 6.92 Å². The van der Waals surface area contributed by atoms with Gasteiger partial charge in [0.05, 0.1) is 5.33 Å². The number of alkyl halides is 1. The maximum atomic E-state index is 11.3. The van der Waals surface area contributed by atoms with Crippen LogP contribution in [0.1, 0.15) is 15.9 Å². The number of halogens is 2. The molecule has 2 N–H and O–H groups in total. The van der Waals surface area contributed by atoms with Gasteiger partial charge in [0.1, 0.15) is 0 Å². The average molecular weight is 263 g/mol. The number of Topliss-reactive ketones (excluding diaryl/α,β-unsaturated/α-hetero) is 1. The fraction of sp³-hybridized carbons (Fsp3) is 0.222. The molecule has 0 saturated heterocycles. The lowest BCUT2D eigenvalue weighted by Gasteiger charge is -2.05. The first-order chi connectivity index (χ1) is 6.06. The van der Waals surface area contributed by atoms with Crippen molar-refractivity contribution in [3.05, 3.63) is 28.3 Å². The van der Waals surface area contributed by atoms with Gasteiger partial charge in [0, 0.05) is 16.3 Å². The lowest BCUT2D eigenvalue weighted by Crippen LogP contribution is -2.05. The first-order valence-corrected chi connectivity index (χ1v) is 5.21. The summed E-state index contributed by atoms with van der Waals surface area (Å²) in [5.41, 5.74) is 7.50. The molecular formula is C9H9BrClNO. The third-order valence-corrected chi connectivity index (χ3v) is 2.67. The van der Waals surface area contributed by atoms with Crippen molar-refractivity contribution in [2.75, 3.05) is 11.1 Å². The van der Waals surface area contributed by atoms with Crippen LogP contribution in [0.4, 0.5) is 5.69 Å². The monoisotopic (exact) mass is 261 g/mol. The van der Waals surface area contributed by atoms with Gasteiger partial charge in [-0.15, -0.1) is 0 Å². The molecule has 0 radical (unpaired) electrons. The zero-order valence-electron chi connectivity index (χ0n) is 7.10. The van der Waals surface area contributed by atoms with Gasteiger partial charge in [-0.25, -0.2) is 0 Å². The molecule has 0 atom stereocenters. The van der Waals surface area contributed by atoms with Crippen LogP contribution in [-0.2, 0) is 0 Å². The third kappa shape index (κ3) is 2.23. The minimum atomic E-state index is -0.0561. The summed E-state index contributed by atoms with van der Waals surface area (Å²) < 4.78 is 0. The minimum Gasteiger partial charge on any atom is -0.398 e. The molecule has 0 aromatic heterocycles. The van der Waals surface area contributed by atoms with Crippen molar-refractivity contribution in [3.8, 4) is 0 Å². The van der Waals surface area contributed by atoms with Crippen LogP contribution >= 0.6 is 27.5 Å². The summed E-state index contributed by atoms with van der Waals surface area (Å²) in [6, 6.07) is 3.31. The standard InChI is InChI=1S/C9H9BrClNO/c1-5-2-8(12)6(3-7(5)11)9(13)4-10/h2-3H,4,12H2,1H3. The fourth-order valence-corrected chi connectivity index (χ4v) is 1.48. The van der Waals surface area contributed by atoms with E-state index in [1.807, 2.05) is 6.92 Å². The number of nitrogen functional groups attached to an aromatic ring is 1. The zero-order chi connectivity index (χ0) is 10.0. The molecule has 0 fully saturated rings. The molecule has 0 aliphatic carbocycles. The van der Waals surface area contributed by atoms with Crippen LogP contribution in [0.2, 0.25) is 5.02 Å². The number of carbonyl (C=O) groups excluding carboxylic acids is 1. The number of rotatable bonds is 2. The molecule has 0 bridgehead atoms. The number of benzene rings is 1. The fourth-order valence-electron chi connectivity index (χ4n) is 1.02. The number of anilines is 1. The normalized spacial score (nSPS) is 10.1. The van der Waals surface area contributed by atoms with E-state index < -0.39 is 0 Å². The van der Waals surface area contributed by atoms with Crippen LogP contribution in [0.25, 0.3) is 0 Å². The van der Waals surface area contributed by atoms with Crippen molar-refractivity contribution >= 4 is 39.0 Å². The quantitative estimate of drug-likeness (QED) is 0.506. The molecular weight excluding hydrogens is 253 g/mol. The number of hydrogen-bond donors (Lipinski definition) is 1. The SMILES string of the molecule is Cc1cc(N)c(C(=O)CBr)cc1Cl. The van der Waals surface area contributed by atoms with Gasteiger partial charge in [-0.05, 0) is 24.6 Å². The molecule has 70 valence electrons. The summed E-state index contributed by atoms with van der Waals surface area (Å²) in [4.78, 5) is 11.3. The van der Waals surface area contributed by atoms with E-state index in [1.165, 1.54) is 0 Å². The molecule has 0 spiro atoms. The molecule has 1 aromatic rings. The van der Waals surface area contributed by atoms with E-state index in [1.54, 1.807) is 12.1 Å². The smallest absolute Gasteiger partial charge is 0.175 e. The lowest BCUT2D eigenvalue weighted by atomic mass is 10.1. The topological polar surface area (TPSA) is 43.1 Å². The minimum absolute atomic E-state index is 0.0561. The van der Waals surface area contributed by atoms with Gasteiger partial charge in [-0.1, -0.05) is 27.5 Å². The van der Waals surface area contributed by atoms with Crippen molar-refractivity contribution in [2.24, 2.45) is 0 Å². The first kappa shape index (κ1) is 10.5. The van der Waals surface area contributed by atoms with E-state index >= 15 is 0 Å². The Hall–Kier alpha value is -0.540. The number of nitrogens with two attached hydrogens (primary N) is 1. The molecule has 0 saturated carbocycles. The van der Waals surface area contributed by atoms with Crippen LogP contribution in [0.5, 0.6) is 0 Å². The Morgan fingerprint density at radius 3 is 2.77 bits per heavy atom. The van der Waals surface area contributed by atoms with E-state index in [2.05, 4.69) is 15.9 Å². The second-order valence-corrected chi connectivity index (χ2v) is 3.71. The third-order valence-electron chi connectivity index (χ3n) is 1.75. The molecule has 0 aliphatic heterocycles. The molecule has 0 amide bonds. The number of ketones is 1. The highest BCUT2D eigenvalue weighted by molar-refractivity contribution is 9.09. The highest BCUT2D eigenvalue weighted by Crippen LogP contribution is 2.23. The summed E-state index contributed by atoms with van der Waals surface area (Å²) in [5, 5.41) is 0.829. The Labute approximate surface area is 90.2 Å². The van der Waals surface area contributed by atoms with E-state index in [4.69, 9.17) is 17.3 Å². The van der Waals surface area contributed by atoms with Crippen LogP contribution < -0.4 is 5.73 Å². The Morgan fingerprint density at radius 2 is 2.23 bits per heavy atom. The highest BCUT2D eigenvalue weighted by Gasteiger charge is 2.10. The van der Waals surface area contributed by atoms with Gasteiger partial charge in [-0.3, -0.25) is 4.79 Å². The summed E-state index contributed by atoms with van der Waals surface area (Å²) in [5.74, 6) is -0.0561. The van der Waals surface area contributed by atoms with Gasteiger partial charge in [0.15, 0.2) is 5.78 Å². The van der Waals surface area contributed by atoms with Crippen molar-refractivity contribution < 1.29 is 4.79 Å². The van der Waals surface area contributed by atoms with Gasteiger partial charge in [0.2, 0.25) is 0 Å². The number of hydrogen-bond acceptors (Lipinski definition) is 2. The van der Waals surface area contributed by atoms with Crippen LogP contribution in [0.15, 0.2) is 12.1 Å². The molecule has 13 heavy (non-hydrogen) atoms. The van der Waals surface area contributed by atoms with Crippen molar-refractivity contribution in [1.29, 1.82) is 0 Å². The molecule has 4 heteroatoms.